The van der Waals surface area contributed by atoms with Crippen molar-refractivity contribution in [3.63, 3.8) is 0 Å². The Kier molecular flexibility index (Phi) is 3.46. The second kappa shape index (κ2) is 5.77. The SMILES string of the molecule is COc1ccc(-c2nc3cc(-c4ccco4)ccc3o2)cc1OC. The summed E-state index contributed by atoms with van der Waals surface area (Å²) in [6.07, 6.45) is 1.65. The largest absolute Gasteiger partial charge is 0.493 e. The van der Waals surface area contributed by atoms with Crippen molar-refractivity contribution in [1.29, 1.82) is 0 Å². The maximum atomic E-state index is 5.86. The number of ether oxygens (including phenoxy) is 2. The molecule has 0 aliphatic rings. The third-order valence-corrected chi connectivity index (χ3v) is 3.82. The lowest BCUT2D eigenvalue weighted by Gasteiger charge is -2.07. The lowest BCUT2D eigenvalue weighted by molar-refractivity contribution is 0.355. The highest BCUT2D eigenvalue weighted by Gasteiger charge is 2.13. The number of hydrogen-bond acceptors (Lipinski definition) is 5. The summed E-state index contributed by atoms with van der Waals surface area (Å²) in [7, 11) is 3.20. The standard InChI is InChI=1S/C19H15NO4/c1-21-17-8-6-13(11-18(17)22-2)19-20-14-10-12(5-7-16(14)24-19)15-4-3-9-23-15/h3-11H,1-2H3. The smallest absolute Gasteiger partial charge is 0.227 e. The van der Waals surface area contributed by atoms with Gasteiger partial charge in [0.15, 0.2) is 17.1 Å². The van der Waals surface area contributed by atoms with Crippen molar-refractivity contribution in [2.45, 2.75) is 0 Å². The topological polar surface area (TPSA) is 57.6 Å². The first-order valence-electron chi connectivity index (χ1n) is 7.45. The van der Waals surface area contributed by atoms with Crippen LogP contribution in [0.3, 0.4) is 0 Å². The van der Waals surface area contributed by atoms with Crippen molar-refractivity contribution < 1.29 is 18.3 Å². The molecule has 5 nitrogen and oxygen atoms in total. The van der Waals surface area contributed by atoms with E-state index < -0.39 is 0 Å². The number of nitrogens with zero attached hydrogens (tertiary/aromatic N) is 1. The van der Waals surface area contributed by atoms with E-state index in [4.69, 9.17) is 18.3 Å². The van der Waals surface area contributed by atoms with Gasteiger partial charge in [0, 0.05) is 11.1 Å². The van der Waals surface area contributed by atoms with Gasteiger partial charge in [-0.05, 0) is 48.5 Å². The van der Waals surface area contributed by atoms with Crippen molar-refractivity contribution in [1.82, 2.24) is 4.98 Å². The van der Waals surface area contributed by atoms with Gasteiger partial charge < -0.3 is 18.3 Å². The van der Waals surface area contributed by atoms with Gasteiger partial charge in [-0.25, -0.2) is 4.98 Å². The fraction of sp³-hybridized carbons (Fsp3) is 0.105. The molecule has 2 aromatic heterocycles. The molecule has 120 valence electrons. The Bertz CT molecular complexity index is 986. The number of hydrogen-bond donors (Lipinski definition) is 0. The Morgan fingerprint density at radius 2 is 1.71 bits per heavy atom. The first kappa shape index (κ1) is 14.4. The van der Waals surface area contributed by atoms with Gasteiger partial charge in [-0.1, -0.05) is 0 Å². The lowest BCUT2D eigenvalue weighted by Crippen LogP contribution is -1.90. The van der Waals surface area contributed by atoms with Crippen LogP contribution in [0.4, 0.5) is 0 Å². The summed E-state index contributed by atoms with van der Waals surface area (Å²) in [5.41, 5.74) is 3.27. The van der Waals surface area contributed by atoms with Gasteiger partial charge in [-0.15, -0.1) is 0 Å². The molecule has 0 amide bonds. The molecule has 2 heterocycles. The summed E-state index contributed by atoms with van der Waals surface area (Å²) in [5.74, 6) is 2.63. The normalized spacial score (nSPS) is 10.9. The zero-order valence-corrected chi connectivity index (χ0v) is 13.3. The van der Waals surface area contributed by atoms with Crippen LogP contribution in [0.5, 0.6) is 11.5 Å². The lowest BCUT2D eigenvalue weighted by atomic mass is 10.1. The first-order chi connectivity index (χ1) is 11.8. The summed E-state index contributed by atoms with van der Waals surface area (Å²) < 4.78 is 21.9. The molecule has 0 spiro atoms. The van der Waals surface area contributed by atoms with Gasteiger partial charge in [0.05, 0.1) is 20.5 Å². The fourth-order valence-corrected chi connectivity index (χ4v) is 2.62. The molecule has 2 aromatic carbocycles. The Labute approximate surface area is 138 Å². The van der Waals surface area contributed by atoms with E-state index in [0.29, 0.717) is 17.4 Å². The molecule has 0 saturated carbocycles. The minimum absolute atomic E-state index is 0.530. The Hall–Kier alpha value is -3.21. The average Bonchev–Trinajstić information content (AvgIpc) is 3.29. The summed E-state index contributed by atoms with van der Waals surface area (Å²) in [4.78, 5) is 4.58. The number of oxazole rings is 1. The van der Waals surface area contributed by atoms with Crippen LogP contribution in [-0.4, -0.2) is 19.2 Å². The van der Waals surface area contributed by atoms with E-state index in [-0.39, 0.29) is 0 Å². The molecular formula is C19H15NO4. The van der Waals surface area contributed by atoms with Gasteiger partial charge in [-0.3, -0.25) is 0 Å². The zero-order chi connectivity index (χ0) is 16.5. The highest BCUT2D eigenvalue weighted by Crippen LogP contribution is 2.34. The molecule has 4 rings (SSSR count). The second-order valence-electron chi connectivity index (χ2n) is 5.25. The van der Waals surface area contributed by atoms with Gasteiger partial charge >= 0.3 is 0 Å². The predicted octanol–water partition coefficient (Wildman–Crippen LogP) is 4.77. The van der Waals surface area contributed by atoms with Gasteiger partial charge in [0.2, 0.25) is 5.89 Å². The van der Waals surface area contributed by atoms with E-state index >= 15 is 0 Å². The van der Waals surface area contributed by atoms with E-state index in [0.717, 1.165) is 28.0 Å². The molecule has 24 heavy (non-hydrogen) atoms. The van der Waals surface area contributed by atoms with Crippen LogP contribution in [0, 0.1) is 0 Å². The maximum absolute atomic E-state index is 5.86. The third-order valence-electron chi connectivity index (χ3n) is 3.82. The van der Waals surface area contributed by atoms with E-state index in [1.807, 2.05) is 48.5 Å². The number of furan rings is 1. The molecule has 0 atom stereocenters. The number of fused-ring (bicyclic) bond motifs is 1. The van der Waals surface area contributed by atoms with Crippen molar-refractivity contribution in [2.75, 3.05) is 14.2 Å². The molecular weight excluding hydrogens is 306 g/mol. The van der Waals surface area contributed by atoms with Crippen molar-refractivity contribution in [3.8, 4) is 34.3 Å². The van der Waals surface area contributed by atoms with Gasteiger partial charge in [-0.2, -0.15) is 0 Å². The summed E-state index contributed by atoms with van der Waals surface area (Å²) in [6.45, 7) is 0. The third kappa shape index (κ3) is 2.40. The van der Waals surface area contributed by atoms with Crippen LogP contribution in [0.2, 0.25) is 0 Å². The van der Waals surface area contributed by atoms with Crippen LogP contribution in [0.25, 0.3) is 33.9 Å². The molecule has 4 aromatic rings. The van der Waals surface area contributed by atoms with Crippen molar-refractivity contribution in [3.05, 3.63) is 54.8 Å². The van der Waals surface area contributed by atoms with Crippen LogP contribution >= 0.6 is 0 Å². The van der Waals surface area contributed by atoms with E-state index in [1.165, 1.54) is 0 Å². The average molecular weight is 321 g/mol. The molecule has 0 unspecified atom stereocenters. The minimum atomic E-state index is 0.530. The summed E-state index contributed by atoms with van der Waals surface area (Å²) in [5, 5.41) is 0. The quantitative estimate of drug-likeness (QED) is 0.542. The Morgan fingerprint density at radius 1 is 0.875 bits per heavy atom. The van der Waals surface area contributed by atoms with Crippen LogP contribution in [-0.2, 0) is 0 Å². The monoisotopic (exact) mass is 321 g/mol. The van der Waals surface area contributed by atoms with Crippen LogP contribution in [0.15, 0.2) is 63.6 Å². The van der Waals surface area contributed by atoms with Crippen LogP contribution in [0.1, 0.15) is 0 Å². The molecule has 0 radical (unpaired) electrons. The van der Waals surface area contributed by atoms with E-state index in [1.54, 1.807) is 20.5 Å². The summed E-state index contributed by atoms with van der Waals surface area (Å²) in [6, 6.07) is 15.1. The molecule has 0 bridgehead atoms. The Morgan fingerprint density at radius 3 is 2.46 bits per heavy atom. The molecule has 0 aliphatic carbocycles. The highest BCUT2D eigenvalue weighted by atomic mass is 16.5. The van der Waals surface area contributed by atoms with Gasteiger partial charge in [0.1, 0.15) is 11.3 Å². The second-order valence-corrected chi connectivity index (χ2v) is 5.25. The first-order valence-corrected chi connectivity index (χ1v) is 7.45. The molecule has 0 fully saturated rings. The minimum Gasteiger partial charge on any atom is -0.493 e. The van der Waals surface area contributed by atoms with E-state index in [2.05, 4.69) is 4.98 Å². The number of rotatable bonds is 4. The number of methoxy groups -OCH3 is 2. The fourth-order valence-electron chi connectivity index (χ4n) is 2.62. The van der Waals surface area contributed by atoms with Crippen LogP contribution < -0.4 is 9.47 Å². The maximum Gasteiger partial charge on any atom is 0.227 e. The van der Waals surface area contributed by atoms with E-state index in [9.17, 15) is 0 Å². The molecule has 5 heteroatoms. The molecule has 0 N–H and O–H groups in total. The summed E-state index contributed by atoms with van der Waals surface area (Å²) >= 11 is 0. The zero-order valence-electron chi connectivity index (χ0n) is 13.3. The molecule has 0 aliphatic heterocycles. The van der Waals surface area contributed by atoms with Gasteiger partial charge in [0.25, 0.3) is 0 Å². The Balaban J connectivity index is 1.78. The molecule has 0 saturated heterocycles. The number of benzene rings is 2. The number of aromatic nitrogens is 1. The van der Waals surface area contributed by atoms with Crippen molar-refractivity contribution >= 4 is 11.1 Å². The predicted molar refractivity (Wildman–Crippen MR) is 90.3 cm³/mol. The van der Waals surface area contributed by atoms with Crippen molar-refractivity contribution in [2.24, 2.45) is 0 Å². The highest BCUT2D eigenvalue weighted by molar-refractivity contribution is 5.81.